The molecule has 93 heavy (non-hydrogen) atoms. The highest BCUT2D eigenvalue weighted by molar-refractivity contribution is 6.31. The van der Waals surface area contributed by atoms with E-state index >= 15 is 0 Å². The number of aliphatic hydroxyl groups is 4. The lowest BCUT2D eigenvalue weighted by atomic mass is 9.65. The van der Waals surface area contributed by atoms with Crippen LogP contribution in [0, 0.1) is 67.1 Å². The summed E-state index contributed by atoms with van der Waals surface area (Å²) in [6.45, 7) is 50.6. The van der Waals surface area contributed by atoms with Crippen molar-refractivity contribution in [1.29, 1.82) is 0 Å². The molecular weight excluding hydrogens is 1160 g/mol. The molecule has 2 aliphatic heterocycles. The van der Waals surface area contributed by atoms with Crippen LogP contribution in [-0.2, 0) is 0 Å². The lowest BCUT2D eigenvalue weighted by Gasteiger charge is -2.45. The van der Waals surface area contributed by atoms with Gasteiger partial charge in [0.1, 0.15) is 0 Å². The quantitative estimate of drug-likeness (QED) is 0.0646. The average molecular weight is 1290 g/mol. The molecule has 0 spiro atoms. The Morgan fingerprint density at radius 3 is 1.34 bits per heavy atom. The second kappa shape index (κ2) is 36.9. The minimum atomic E-state index is -0.729. The topological polar surface area (TPSA) is 87.4 Å². The van der Waals surface area contributed by atoms with Crippen LogP contribution in [0.1, 0.15) is 230 Å². The van der Waals surface area contributed by atoms with E-state index in [2.05, 4.69) is 241 Å². The van der Waals surface area contributed by atoms with Crippen LogP contribution in [0.3, 0.4) is 0 Å². The van der Waals surface area contributed by atoms with Crippen LogP contribution >= 0.6 is 11.6 Å². The molecule has 7 heteroatoms. The monoisotopic (exact) mass is 1290 g/mol. The lowest BCUT2D eigenvalue weighted by molar-refractivity contribution is -0.0688. The van der Waals surface area contributed by atoms with Crippen LogP contribution in [0.2, 0.25) is 5.02 Å². The third kappa shape index (κ3) is 24.2. The molecular formula is C86H127ClN2O4. The Kier molecular flexibility index (Phi) is 31.2. The third-order valence-electron chi connectivity index (χ3n) is 20.6. The fourth-order valence-corrected chi connectivity index (χ4v) is 15.3. The van der Waals surface area contributed by atoms with Gasteiger partial charge in [0.05, 0.1) is 23.4 Å². The number of hydrogen-bond donors (Lipinski definition) is 4. The van der Waals surface area contributed by atoms with Gasteiger partial charge in [0, 0.05) is 73.0 Å². The van der Waals surface area contributed by atoms with Gasteiger partial charge in [0.25, 0.3) is 0 Å². The Morgan fingerprint density at radius 1 is 0.527 bits per heavy atom. The molecule has 0 unspecified atom stereocenters. The van der Waals surface area contributed by atoms with Crippen molar-refractivity contribution in [1.82, 2.24) is 9.80 Å². The van der Waals surface area contributed by atoms with Gasteiger partial charge in [-0.3, -0.25) is 0 Å². The van der Waals surface area contributed by atoms with Crippen molar-refractivity contribution >= 4 is 11.6 Å². The van der Waals surface area contributed by atoms with Gasteiger partial charge in [0.2, 0.25) is 0 Å². The summed E-state index contributed by atoms with van der Waals surface area (Å²) < 4.78 is 0. The fraction of sp³-hybridized carbons (Fsp3) is 0.558. The summed E-state index contributed by atoms with van der Waals surface area (Å²) in [5, 5.41) is 40.8. The van der Waals surface area contributed by atoms with Gasteiger partial charge in [-0.1, -0.05) is 271 Å². The Balaban J connectivity index is 0.000000203. The minimum absolute atomic E-state index is 0.0618. The maximum atomic E-state index is 10.5. The molecule has 6 nitrogen and oxygen atoms in total. The minimum Gasteiger partial charge on any atom is -0.390 e. The van der Waals surface area contributed by atoms with Gasteiger partial charge in [-0.25, -0.2) is 0 Å². The number of halogens is 1. The first-order valence-corrected chi connectivity index (χ1v) is 36.1. The van der Waals surface area contributed by atoms with Crippen molar-refractivity contribution in [2.75, 3.05) is 39.3 Å². The van der Waals surface area contributed by atoms with Crippen LogP contribution in [0.25, 0.3) is 0 Å². The maximum Gasteiger partial charge on any atom is 0.0823 e. The zero-order valence-electron chi connectivity index (χ0n) is 61.3. The number of aryl methyl sites for hydroxylation is 2. The first-order valence-electron chi connectivity index (χ1n) is 35.7. The largest absolute Gasteiger partial charge is 0.390 e. The highest BCUT2D eigenvalue weighted by Gasteiger charge is 2.44. The molecule has 0 bridgehead atoms. The van der Waals surface area contributed by atoms with Gasteiger partial charge >= 0.3 is 0 Å². The van der Waals surface area contributed by atoms with E-state index in [1.54, 1.807) is 5.56 Å². The number of aliphatic hydroxyl groups excluding tert-OH is 1. The number of rotatable bonds is 19. The van der Waals surface area contributed by atoms with Crippen molar-refractivity contribution in [3.63, 3.8) is 0 Å². The van der Waals surface area contributed by atoms with E-state index < -0.39 is 16.8 Å². The normalized spacial score (nSPS) is 20.0. The molecule has 6 aromatic carbocycles. The summed E-state index contributed by atoms with van der Waals surface area (Å²) in [5.74, 6) is 8.55. The molecule has 2 aliphatic carbocycles. The summed E-state index contributed by atoms with van der Waals surface area (Å²) >= 11 is 6.13. The summed E-state index contributed by atoms with van der Waals surface area (Å²) in [6.07, 6.45) is 6.04. The molecule has 4 aliphatic rings. The van der Waals surface area contributed by atoms with E-state index in [0.29, 0.717) is 47.3 Å². The van der Waals surface area contributed by atoms with Gasteiger partial charge in [-0.05, 0) is 178 Å². The maximum absolute atomic E-state index is 10.5. The van der Waals surface area contributed by atoms with Gasteiger partial charge in [0.15, 0.2) is 0 Å². The van der Waals surface area contributed by atoms with Crippen molar-refractivity contribution in [3.05, 3.63) is 226 Å². The molecule has 0 radical (unpaired) electrons. The summed E-state index contributed by atoms with van der Waals surface area (Å²) in [6, 6.07) is 57.4. The predicted octanol–water partition coefficient (Wildman–Crippen LogP) is 21.1. The van der Waals surface area contributed by atoms with Crippen LogP contribution in [0.5, 0.6) is 0 Å². The second-order valence-electron chi connectivity index (χ2n) is 31.3. The van der Waals surface area contributed by atoms with E-state index in [0.717, 1.165) is 77.4 Å². The molecule has 8 atom stereocenters. The molecule has 4 fully saturated rings. The van der Waals surface area contributed by atoms with Crippen molar-refractivity contribution in [3.8, 4) is 0 Å². The summed E-state index contributed by atoms with van der Waals surface area (Å²) in [4.78, 5) is 4.96. The molecule has 0 aromatic heterocycles. The van der Waals surface area contributed by atoms with E-state index in [-0.39, 0.29) is 18.4 Å². The van der Waals surface area contributed by atoms with Crippen LogP contribution < -0.4 is 0 Å². The highest BCUT2D eigenvalue weighted by Crippen LogP contribution is 2.47. The molecule has 4 N–H and O–H groups in total. The number of likely N-dealkylation sites (tertiary alicyclic amines) is 2. The molecule has 2 saturated heterocycles. The van der Waals surface area contributed by atoms with Crippen molar-refractivity contribution in [2.45, 2.75) is 216 Å². The van der Waals surface area contributed by atoms with Crippen molar-refractivity contribution in [2.24, 2.45) is 53.3 Å². The highest BCUT2D eigenvalue weighted by atomic mass is 35.5. The Morgan fingerprint density at radius 2 is 0.957 bits per heavy atom. The second-order valence-corrected chi connectivity index (χ2v) is 31.8. The first-order chi connectivity index (χ1) is 43.8. The van der Waals surface area contributed by atoms with Gasteiger partial charge in [-0.2, -0.15) is 0 Å². The smallest absolute Gasteiger partial charge is 0.0823 e. The van der Waals surface area contributed by atoms with E-state index in [9.17, 15) is 20.4 Å². The predicted molar refractivity (Wildman–Crippen MR) is 400 cm³/mol. The van der Waals surface area contributed by atoms with Gasteiger partial charge in [-0.15, -0.1) is 0 Å². The van der Waals surface area contributed by atoms with Crippen LogP contribution in [-0.4, -0.2) is 86.4 Å². The van der Waals surface area contributed by atoms with E-state index in [1.165, 1.54) is 66.7 Å². The van der Waals surface area contributed by atoms with Crippen molar-refractivity contribution < 1.29 is 20.4 Å². The number of benzene rings is 6. The molecule has 2 saturated carbocycles. The van der Waals surface area contributed by atoms with E-state index in [1.807, 2.05) is 71.0 Å². The average Bonchev–Trinajstić information content (AvgIpc) is 1.74. The number of hydrogen-bond acceptors (Lipinski definition) is 6. The van der Waals surface area contributed by atoms with E-state index in [4.69, 9.17) is 11.6 Å². The molecule has 10 rings (SSSR count). The van der Waals surface area contributed by atoms with Crippen LogP contribution in [0.15, 0.2) is 176 Å². The first kappa shape index (κ1) is 78.6. The zero-order valence-corrected chi connectivity index (χ0v) is 62.1. The lowest BCUT2D eigenvalue weighted by Crippen LogP contribution is -2.45. The molecule has 6 aromatic rings. The fourth-order valence-electron chi connectivity index (χ4n) is 15.1. The Hall–Kier alpha value is -5.05. The Bertz CT molecular complexity index is 3030. The standard InChI is InChI=1S/C17H25N.C16H23NO.C14H21ClO.C14H20O.C13H20O.C12H18/c1-13(2)16-11-18(10-14-8-9-14)12-17(16)15-6-4-3-5-7-15;1-12(2)15-9-17(13(3)11-18)10-16(15)14-7-5-4-6-8-14;1-9(2)13(14(4,5)16)11-7-6-10(3)12(15)8-11;1-11(2)13(14(15)9-6-10-14)12-7-4-3-5-8-12;1-10(2)12(13(3,4)14)11-8-6-5-7-9-11;1-9(2)11(4)12-7-5-10(3)6-8-12/h3-7,13-14,16-17H,8-12H2,1-2H3;4-8,12,15-16,18H,3,9-11H2,1-2H3;6-9,13,16H,1-5H3;3-5,7-8,11,13,15H,6,9-10H2,1-2H3;5-10,12,14H,1-4H3;5-9,11H,1-4H3/t16-,17-;15-,16-;2*13-;12-;11-/m110000/s1. The molecule has 512 valence electrons. The SMILES string of the molecule is C=C(CO)N1C[C@H](c2ccccc2)[C@@H](C(C)C)C1.CC(C)[C@@H](c1ccccc1)C(C)(C)O.CC(C)[C@@H](c1ccccc1)C1(O)CCC1.CC(C)[C@H]1CN(CC2CC2)C[C@@H]1c1ccccc1.Cc1ccc([C@@H](C)C(C)C)cc1.Cc1ccc([C@H](C(C)C)C(C)(C)O)cc1Cl. The summed E-state index contributed by atoms with van der Waals surface area (Å²) in [5.41, 5.74) is 9.47. The molecule has 2 heterocycles. The summed E-state index contributed by atoms with van der Waals surface area (Å²) in [7, 11) is 0. The molecule has 0 amide bonds. The van der Waals surface area contributed by atoms with Crippen LogP contribution in [0.4, 0.5) is 0 Å². The van der Waals surface area contributed by atoms with Gasteiger partial charge < -0.3 is 30.2 Å². The third-order valence-corrected chi connectivity index (χ3v) is 21.0. The number of nitrogens with zero attached hydrogens (tertiary/aromatic N) is 2. The zero-order chi connectivity index (χ0) is 69.0. The Labute approximate surface area is 572 Å².